The fraction of sp³-hybridized carbons (Fsp3) is 0.125. The van der Waals surface area contributed by atoms with Crippen LogP contribution in [0.4, 0.5) is 5.82 Å². The molecule has 7 heteroatoms. The first-order valence-electron chi connectivity index (χ1n) is 7.00. The first-order chi connectivity index (χ1) is 10.9. The van der Waals surface area contributed by atoms with Crippen LogP contribution in [-0.2, 0) is 16.6 Å². The molecule has 0 saturated heterocycles. The van der Waals surface area contributed by atoms with Crippen LogP contribution in [0.5, 0.6) is 0 Å². The van der Waals surface area contributed by atoms with Gasteiger partial charge in [-0.05, 0) is 36.8 Å². The molecule has 0 aliphatic rings. The largest absolute Gasteiger partial charge is 0.365 e. The van der Waals surface area contributed by atoms with E-state index >= 15 is 0 Å². The number of fused-ring (bicyclic) bond motifs is 1. The Morgan fingerprint density at radius 2 is 1.83 bits per heavy atom. The predicted molar refractivity (Wildman–Crippen MR) is 89.4 cm³/mol. The summed E-state index contributed by atoms with van der Waals surface area (Å²) in [7, 11) is -3.66. The lowest BCUT2D eigenvalue weighted by Gasteiger charge is -2.09. The normalized spacial score (nSPS) is 11.6. The van der Waals surface area contributed by atoms with Crippen molar-refractivity contribution < 1.29 is 8.42 Å². The highest BCUT2D eigenvalue weighted by Gasteiger charge is 2.07. The van der Waals surface area contributed by atoms with Gasteiger partial charge in [0.1, 0.15) is 12.1 Å². The summed E-state index contributed by atoms with van der Waals surface area (Å²) < 4.78 is 22.5. The van der Waals surface area contributed by atoms with Crippen LogP contribution in [0.3, 0.4) is 0 Å². The van der Waals surface area contributed by atoms with Gasteiger partial charge < -0.3 is 5.32 Å². The van der Waals surface area contributed by atoms with Crippen LogP contribution in [0.25, 0.3) is 10.9 Å². The molecule has 6 nitrogen and oxygen atoms in total. The number of nitrogens with zero attached hydrogens (tertiary/aromatic N) is 2. The lowest BCUT2D eigenvalue weighted by Crippen LogP contribution is -2.12. The zero-order valence-corrected chi connectivity index (χ0v) is 13.3. The van der Waals surface area contributed by atoms with Crippen LogP contribution in [0, 0.1) is 6.92 Å². The summed E-state index contributed by atoms with van der Waals surface area (Å²) in [5.74, 6) is 0.745. The Bertz CT molecular complexity index is 953. The van der Waals surface area contributed by atoms with Gasteiger partial charge in [-0.1, -0.05) is 23.8 Å². The second-order valence-corrected chi connectivity index (χ2v) is 6.85. The Morgan fingerprint density at radius 3 is 2.52 bits per heavy atom. The Labute approximate surface area is 134 Å². The standard InChI is InChI=1S/C16H16N4O2S/c1-11-2-7-15-14(8-11)16(20-10-19-15)18-9-12-3-5-13(6-4-12)23(17,21)22/h2-8,10H,9H2,1H3,(H2,17,21,22)(H,18,19,20). The van der Waals surface area contributed by atoms with Gasteiger partial charge in [-0.25, -0.2) is 23.5 Å². The number of hydrogen-bond donors (Lipinski definition) is 2. The highest BCUT2D eigenvalue weighted by atomic mass is 32.2. The minimum absolute atomic E-state index is 0.101. The van der Waals surface area contributed by atoms with Crippen molar-refractivity contribution in [3.63, 3.8) is 0 Å². The third kappa shape index (κ3) is 3.46. The number of hydrogen-bond acceptors (Lipinski definition) is 5. The molecule has 3 rings (SSSR count). The Kier molecular flexibility index (Phi) is 3.97. The molecule has 0 spiro atoms. The van der Waals surface area contributed by atoms with E-state index in [0.29, 0.717) is 6.54 Å². The molecule has 0 atom stereocenters. The van der Waals surface area contributed by atoms with Crippen LogP contribution in [0.2, 0.25) is 0 Å². The van der Waals surface area contributed by atoms with Gasteiger partial charge >= 0.3 is 0 Å². The molecule has 23 heavy (non-hydrogen) atoms. The van der Waals surface area contributed by atoms with Crippen LogP contribution >= 0.6 is 0 Å². The molecule has 118 valence electrons. The number of rotatable bonds is 4. The maximum absolute atomic E-state index is 11.2. The van der Waals surface area contributed by atoms with Crippen molar-refractivity contribution in [1.82, 2.24) is 9.97 Å². The molecule has 1 heterocycles. The number of sulfonamides is 1. The molecular weight excluding hydrogens is 312 g/mol. The van der Waals surface area contributed by atoms with E-state index in [1.54, 1.807) is 12.1 Å². The molecule has 2 aromatic carbocycles. The zero-order chi connectivity index (χ0) is 16.4. The highest BCUT2D eigenvalue weighted by Crippen LogP contribution is 2.21. The van der Waals surface area contributed by atoms with Crippen LogP contribution in [0.1, 0.15) is 11.1 Å². The molecule has 0 aliphatic heterocycles. The van der Waals surface area contributed by atoms with Gasteiger partial charge in [-0.3, -0.25) is 0 Å². The fourth-order valence-electron chi connectivity index (χ4n) is 2.29. The summed E-state index contributed by atoms with van der Waals surface area (Å²) in [5.41, 5.74) is 2.93. The van der Waals surface area contributed by atoms with Gasteiger partial charge in [0.05, 0.1) is 10.4 Å². The topological polar surface area (TPSA) is 98.0 Å². The summed E-state index contributed by atoms with van der Waals surface area (Å²) in [5, 5.41) is 9.30. The lowest BCUT2D eigenvalue weighted by molar-refractivity contribution is 0.598. The molecule has 1 aromatic heterocycles. The number of aromatic nitrogens is 2. The SMILES string of the molecule is Cc1ccc2ncnc(NCc3ccc(S(N)(=O)=O)cc3)c2c1. The van der Waals surface area contributed by atoms with Gasteiger partial charge in [-0.15, -0.1) is 0 Å². The minimum atomic E-state index is -3.66. The fourth-order valence-corrected chi connectivity index (χ4v) is 2.81. The summed E-state index contributed by atoms with van der Waals surface area (Å²) >= 11 is 0. The van der Waals surface area contributed by atoms with Crippen molar-refractivity contribution in [2.45, 2.75) is 18.4 Å². The predicted octanol–water partition coefficient (Wildman–Crippen LogP) is 2.20. The molecule has 3 N–H and O–H groups in total. The number of primary sulfonamides is 1. The number of anilines is 1. The van der Waals surface area contributed by atoms with Crippen molar-refractivity contribution in [3.05, 3.63) is 59.9 Å². The van der Waals surface area contributed by atoms with Gasteiger partial charge in [0.25, 0.3) is 0 Å². The van der Waals surface area contributed by atoms with E-state index in [1.165, 1.54) is 18.5 Å². The first kappa shape index (κ1) is 15.4. The maximum atomic E-state index is 11.2. The average molecular weight is 328 g/mol. The molecule has 0 aliphatic carbocycles. The van der Waals surface area contributed by atoms with Crippen molar-refractivity contribution in [1.29, 1.82) is 0 Å². The quantitative estimate of drug-likeness (QED) is 0.765. The van der Waals surface area contributed by atoms with E-state index in [0.717, 1.165) is 27.8 Å². The monoisotopic (exact) mass is 328 g/mol. The van der Waals surface area contributed by atoms with E-state index in [2.05, 4.69) is 15.3 Å². The Morgan fingerprint density at radius 1 is 1.09 bits per heavy atom. The van der Waals surface area contributed by atoms with E-state index < -0.39 is 10.0 Å². The van der Waals surface area contributed by atoms with Gasteiger partial charge in [-0.2, -0.15) is 0 Å². The Balaban J connectivity index is 1.82. The third-order valence-electron chi connectivity index (χ3n) is 3.50. The molecule has 0 amide bonds. The summed E-state index contributed by atoms with van der Waals surface area (Å²) in [4.78, 5) is 8.63. The van der Waals surface area contributed by atoms with E-state index in [1.807, 2.05) is 25.1 Å². The highest BCUT2D eigenvalue weighted by molar-refractivity contribution is 7.89. The molecule has 3 aromatic rings. The summed E-state index contributed by atoms with van der Waals surface area (Å²) in [6.07, 6.45) is 1.52. The number of benzene rings is 2. The molecule has 0 unspecified atom stereocenters. The van der Waals surface area contributed by atoms with Gasteiger partial charge in [0.15, 0.2) is 0 Å². The minimum Gasteiger partial charge on any atom is -0.365 e. The number of aryl methyl sites for hydroxylation is 1. The maximum Gasteiger partial charge on any atom is 0.238 e. The van der Waals surface area contributed by atoms with Crippen molar-refractivity contribution >= 4 is 26.7 Å². The second-order valence-electron chi connectivity index (χ2n) is 5.29. The van der Waals surface area contributed by atoms with Gasteiger partial charge in [0.2, 0.25) is 10.0 Å². The molecule has 0 bridgehead atoms. The van der Waals surface area contributed by atoms with Gasteiger partial charge in [0, 0.05) is 11.9 Å². The van der Waals surface area contributed by atoms with Crippen molar-refractivity contribution in [3.8, 4) is 0 Å². The van der Waals surface area contributed by atoms with Crippen LogP contribution < -0.4 is 10.5 Å². The number of nitrogens with two attached hydrogens (primary N) is 1. The molecule has 0 saturated carbocycles. The van der Waals surface area contributed by atoms with Crippen molar-refractivity contribution in [2.24, 2.45) is 5.14 Å². The molecule has 0 radical (unpaired) electrons. The van der Waals surface area contributed by atoms with E-state index in [9.17, 15) is 8.42 Å². The van der Waals surface area contributed by atoms with Crippen LogP contribution in [0.15, 0.2) is 53.7 Å². The smallest absolute Gasteiger partial charge is 0.238 e. The molecular formula is C16H16N4O2S. The third-order valence-corrected chi connectivity index (χ3v) is 4.43. The zero-order valence-electron chi connectivity index (χ0n) is 12.5. The average Bonchev–Trinajstić information content (AvgIpc) is 2.52. The first-order valence-corrected chi connectivity index (χ1v) is 8.55. The summed E-state index contributed by atoms with van der Waals surface area (Å²) in [6, 6.07) is 12.4. The second kappa shape index (κ2) is 5.94. The van der Waals surface area contributed by atoms with E-state index in [4.69, 9.17) is 5.14 Å². The number of nitrogens with one attached hydrogen (secondary N) is 1. The Hall–Kier alpha value is -2.51. The van der Waals surface area contributed by atoms with E-state index in [-0.39, 0.29) is 4.90 Å². The lowest BCUT2D eigenvalue weighted by atomic mass is 10.1. The summed E-state index contributed by atoms with van der Waals surface area (Å²) in [6.45, 7) is 2.53. The van der Waals surface area contributed by atoms with Crippen LogP contribution in [-0.4, -0.2) is 18.4 Å². The molecule has 0 fully saturated rings. The van der Waals surface area contributed by atoms with Crippen molar-refractivity contribution in [2.75, 3.05) is 5.32 Å².